The number of aromatic nitrogens is 2. The Labute approximate surface area is 179 Å². The number of urea groups is 1. The lowest BCUT2D eigenvalue weighted by Crippen LogP contribution is -2.30. The number of nitrogens with zero attached hydrogens (tertiary/aromatic N) is 6. The second kappa shape index (κ2) is 7.49. The predicted octanol–water partition coefficient (Wildman–Crippen LogP) is 0.463. The summed E-state index contributed by atoms with van der Waals surface area (Å²) in [6.07, 6.45) is 6.18. The van der Waals surface area contributed by atoms with Gasteiger partial charge in [-0.3, -0.25) is 14.6 Å². The van der Waals surface area contributed by atoms with Gasteiger partial charge in [0.15, 0.2) is 17.4 Å². The predicted molar refractivity (Wildman–Crippen MR) is 117 cm³/mol. The van der Waals surface area contributed by atoms with Gasteiger partial charge in [0.05, 0.1) is 17.9 Å². The minimum Gasteiger partial charge on any atom is -0.399 e. The van der Waals surface area contributed by atoms with Crippen molar-refractivity contribution in [3.63, 3.8) is 0 Å². The molecule has 31 heavy (non-hydrogen) atoms. The number of anilines is 1. The summed E-state index contributed by atoms with van der Waals surface area (Å²) in [5.41, 5.74) is 20.6. The molecule has 1 aliphatic heterocycles. The lowest BCUT2D eigenvalue weighted by molar-refractivity contribution is -0.123. The van der Waals surface area contributed by atoms with E-state index in [9.17, 15) is 9.59 Å². The van der Waals surface area contributed by atoms with Crippen LogP contribution in [0.15, 0.2) is 35.0 Å². The van der Waals surface area contributed by atoms with E-state index in [1.807, 2.05) is 29.9 Å². The number of amides is 3. The Morgan fingerprint density at radius 1 is 1.26 bits per heavy atom. The van der Waals surface area contributed by atoms with E-state index in [1.54, 1.807) is 11.8 Å². The summed E-state index contributed by atoms with van der Waals surface area (Å²) in [4.78, 5) is 38.0. The fraction of sp³-hybridized carbons (Fsp3) is 0.400. The molecule has 1 saturated carbocycles. The van der Waals surface area contributed by atoms with Crippen molar-refractivity contribution in [1.29, 1.82) is 0 Å². The maximum Gasteiger partial charge on any atom is 0.331 e. The van der Waals surface area contributed by atoms with Crippen molar-refractivity contribution in [1.82, 2.24) is 19.2 Å². The van der Waals surface area contributed by atoms with Crippen LogP contribution in [-0.2, 0) is 11.3 Å². The standard InChI is InChI=1S/C20H27N9O2/c1-11(21)17(25-19(22)23)26(2)8-14-9-28-7-13(12-4-5-12)6-15(18(28)24-14)29-10-16(30)27(3)20(29)31/h6-7,9,12H,4-5,8,10,21H2,1-3H3,(H4,22,23,25)/b17-11+. The fourth-order valence-corrected chi connectivity index (χ4v) is 3.77. The number of imide groups is 1. The number of imidazole rings is 1. The average Bonchev–Trinajstić information content (AvgIpc) is 3.42. The van der Waals surface area contributed by atoms with Gasteiger partial charge in [-0.2, -0.15) is 4.99 Å². The lowest BCUT2D eigenvalue weighted by atomic mass is 10.1. The highest BCUT2D eigenvalue weighted by molar-refractivity contribution is 6.13. The van der Waals surface area contributed by atoms with E-state index in [0.717, 1.165) is 29.0 Å². The van der Waals surface area contributed by atoms with Gasteiger partial charge in [0, 0.05) is 32.2 Å². The Morgan fingerprint density at radius 2 is 1.97 bits per heavy atom. The number of guanidine groups is 1. The SMILES string of the molecule is C/C(N)=C(/N=C(N)N)N(C)Cc1cn2cc(C3CC3)cc(N3CC(=O)N(C)C3=O)c2n1. The number of aliphatic imine (C=N–C) groups is 1. The highest BCUT2D eigenvalue weighted by Crippen LogP contribution is 2.42. The maximum absolute atomic E-state index is 12.6. The quantitative estimate of drug-likeness (QED) is 0.345. The van der Waals surface area contributed by atoms with Gasteiger partial charge in [0.1, 0.15) is 6.54 Å². The van der Waals surface area contributed by atoms with Crippen LogP contribution in [0.25, 0.3) is 5.65 Å². The van der Waals surface area contributed by atoms with Crippen molar-refractivity contribution < 1.29 is 9.59 Å². The third kappa shape index (κ3) is 3.86. The topological polar surface area (TPSA) is 152 Å². The number of pyridine rings is 1. The highest BCUT2D eigenvalue weighted by atomic mass is 16.2. The van der Waals surface area contributed by atoms with Crippen LogP contribution in [0.5, 0.6) is 0 Å². The molecule has 2 aromatic rings. The van der Waals surface area contributed by atoms with E-state index in [-0.39, 0.29) is 24.4 Å². The fourth-order valence-electron chi connectivity index (χ4n) is 3.77. The number of carbonyl (C=O) groups excluding carboxylic acids is 2. The van der Waals surface area contributed by atoms with Crippen molar-refractivity contribution in [2.75, 3.05) is 25.5 Å². The minimum atomic E-state index is -0.349. The van der Waals surface area contributed by atoms with Gasteiger partial charge in [-0.1, -0.05) is 0 Å². The van der Waals surface area contributed by atoms with Gasteiger partial charge >= 0.3 is 6.03 Å². The molecule has 2 aromatic heterocycles. The van der Waals surface area contributed by atoms with Gasteiger partial charge in [-0.25, -0.2) is 9.78 Å². The van der Waals surface area contributed by atoms with Crippen LogP contribution in [0.1, 0.15) is 36.9 Å². The first kappa shape index (κ1) is 20.5. The van der Waals surface area contributed by atoms with E-state index in [4.69, 9.17) is 22.2 Å². The van der Waals surface area contributed by atoms with Crippen molar-refractivity contribution in [3.05, 3.63) is 41.2 Å². The molecular weight excluding hydrogens is 398 g/mol. The summed E-state index contributed by atoms with van der Waals surface area (Å²) in [5, 5.41) is 0. The van der Waals surface area contributed by atoms with Crippen molar-refractivity contribution >= 4 is 29.2 Å². The van der Waals surface area contributed by atoms with Crippen LogP contribution in [0.3, 0.4) is 0 Å². The molecule has 0 unspecified atom stereocenters. The van der Waals surface area contributed by atoms with E-state index in [1.165, 1.54) is 11.9 Å². The molecule has 4 rings (SSSR count). The number of hydrogen-bond acceptors (Lipinski definition) is 6. The third-order valence-electron chi connectivity index (χ3n) is 5.48. The van der Waals surface area contributed by atoms with E-state index in [2.05, 4.69) is 4.99 Å². The molecule has 164 valence electrons. The first-order chi connectivity index (χ1) is 14.7. The molecule has 2 fully saturated rings. The minimum absolute atomic E-state index is 0.00492. The summed E-state index contributed by atoms with van der Waals surface area (Å²) in [7, 11) is 3.31. The summed E-state index contributed by atoms with van der Waals surface area (Å²) in [5.74, 6) is 0.605. The number of fused-ring (bicyclic) bond motifs is 1. The normalized spacial score (nSPS) is 17.4. The Balaban J connectivity index is 1.73. The van der Waals surface area contributed by atoms with Crippen LogP contribution in [-0.4, -0.2) is 57.7 Å². The van der Waals surface area contributed by atoms with Crippen LogP contribution in [0.2, 0.25) is 0 Å². The van der Waals surface area contributed by atoms with Crippen LogP contribution in [0.4, 0.5) is 10.5 Å². The number of rotatable bonds is 6. The maximum atomic E-state index is 12.6. The summed E-state index contributed by atoms with van der Waals surface area (Å²) in [6.45, 7) is 2.12. The zero-order valence-electron chi connectivity index (χ0n) is 17.9. The van der Waals surface area contributed by atoms with E-state index >= 15 is 0 Å². The van der Waals surface area contributed by atoms with Crippen molar-refractivity contribution in [3.8, 4) is 0 Å². The molecule has 11 nitrogen and oxygen atoms in total. The second-order valence-electron chi connectivity index (χ2n) is 8.12. The molecule has 3 heterocycles. The van der Waals surface area contributed by atoms with E-state index < -0.39 is 0 Å². The molecule has 0 atom stereocenters. The third-order valence-corrected chi connectivity index (χ3v) is 5.48. The molecule has 0 bridgehead atoms. The highest BCUT2D eigenvalue weighted by Gasteiger charge is 2.36. The van der Waals surface area contributed by atoms with Crippen LogP contribution >= 0.6 is 0 Å². The molecule has 0 spiro atoms. The summed E-state index contributed by atoms with van der Waals surface area (Å²) in [6, 6.07) is 1.63. The Bertz CT molecular complexity index is 1120. The molecular formula is C20H27N9O2. The number of allylic oxidation sites excluding steroid dienone is 1. The van der Waals surface area contributed by atoms with Gasteiger partial charge in [-0.15, -0.1) is 0 Å². The zero-order chi connectivity index (χ0) is 22.4. The molecule has 2 aliphatic rings. The van der Waals surface area contributed by atoms with Crippen molar-refractivity contribution in [2.24, 2.45) is 22.2 Å². The molecule has 0 aromatic carbocycles. The molecule has 11 heteroatoms. The van der Waals surface area contributed by atoms with Crippen LogP contribution < -0.4 is 22.1 Å². The summed E-state index contributed by atoms with van der Waals surface area (Å²) < 4.78 is 1.92. The van der Waals surface area contributed by atoms with Gasteiger partial charge in [0.25, 0.3) is 0 Å². The molecule has 0 radical (unpaired) electrons. The molecule has 1 saturated heterocycles. The van der Waals surface area contributed by atoms with Gasteiger partial charge < -0.3 is 26.5 Å². The Kier molecular flexibility index (Phi) is 4.96. The first-order valence-electron chi connectivity index (χ1n) is 10.0. The zero-order valence-corrected chi connectivity index (χ0v) is 17.9. The molecule has 6 N–H and O–H groups in total. The monoisotopic (exact) mass is 425 g/mol. The molecule has 3 amide bonds. The number of nitrogens with two attached hydrogens (primary N) is 3. The largest absolute Gasteiger partial charge is 0.399 e. The summed E-state index contributed by atoms with van der Waals surface area (Å²) >= 11 is 0. The molecule has 1 aliphatic carbocycles. The number of hydrogen-bond donors (Lipinski definition) is 3. The second-order valence-corrected chi connectivity index (χ2v) is 8.12. The Morgan fingerprint density at radius 3 is 2.52 bits per heavy atom. The number of likely N-dealkylation sites (N-methyl/N-ethyl adjacent to an activating group) is 1. The van der Waals surface area contributed by atoms with Crippen LogP contribution in [0, 0.1) is 0 Å². The first-order valence-corrected chi connectivity index (χ1v) is 10.0. The smallest absolute Gasteiger partial charge is 0.331 e. The van der Waals surface area contributed by atoms with Gasteiger partial charge in [0.2, 0.25) is 5.91 Å². The lowest BCUT2D eigenvalue weighted by Gasteiger charge is -2.19. The Hall–Kier alpha value is -3.76. The van der Waals surface area contributed by atoms with E-state index in [0.29, 0.717) is 35.3 Å². The van der Waals surface area contributed by atoms with Gasteiger partial charge in [-0.05, 0) is 37.3 Å². The van der Waals surface area contributed by atoms with Crippen molar-refractivity contribution in [2.45, 2.75) is 32.2 Å². The number of carbonyl (C=O) groups is 2. The average molecular weight is 425 g/mol.